The standard InChI is InChI=1S/C10H10N2O2/c1-13-10-7(4-11)5-12-6-9(10)14-8-2-3-8/h5-6,8H,2-3H2,1H3. The molecule has 0 radical (unpaired) electrons. The van der Waals surface area contributed by atoms with E-state index in [-0.39, 0.29) is 6.10 Å². The van der Waals surface area contributed by atoms with Crippen molar-refractivity contribution in [2.45, 2.75) is 18.9 Å². The third-order valence-corrected chi connectivity index (χ3v) is 2.01. The monoisotopic (exact) mass is 190 g/mol. The Labute approximate surface area is 82.1 Å². The summed E-state index contributed by atoms with van der Waals surface area (Å²) in [4.78, 5) is 3.92. The number of aromatic nitrogens is 1. The normalized spacial score (nSPS) is 14.6. The van der Waals surface area contributed by atoms with Gasteiger partial charge in [0, 0.05) is 6.20 Å². The smallest absolute Gasteiger partial charge is 0.181 e. The van der Waals surface area contributed by atoms with Crippen molar-refractivity contribution in [1.82, 2.24) is 4.98 Å². The van der Waals surface area contributed by atoms with Crippen molar-refractivity contribution in [2.75, 3.05) is 7.11 Å². The van der Waals surface area contributed by atoms with E-state index in [1.165, 1.54) is 13.3 Å². The molecule has 0 bridgehead atoms. The molecular formula is C10H10N2O2. The van der Waals surface area contributed by atoms with Crippen molar-refractivity contribution in [2.24, 2.45) is 0 Å². The maximum absolute atomic E-state index is 8.80. The summed E-state index contributed by atoms with van der Waals surface area (Å²) < 4.78 is 10.7. The van der Waals surface area contributed by atoms with Gasteiger partial charge in [0.2, 0.25) is 0 Å². The van der Waals surface area contributed by atoms with E-state index in [1.54, 1.807) is 6.20 Å². The van der Waals surface area contributed by atoms with E-state index < -0.39 is 0 Å². The number of ether oxygens (including phenoxy) is 2. The first-order valence-corrected chi connectivity index (χ1v) is 4.44. The Morgan fingerprint density at radius 1 is 1.50 bits per heavy atom. The number of nitriles is 1. The number of methoxy groups -OCH3 is 1. The molecule has 4 heteroatoms. The van der Waals surface area contributed by atoms with Crippen LogP contribution in [0.5, 0.6) is 11.5 Å². The second kappa shape index (κ2) is 3.54. The predicted molar refractivity (Wildman–Crippen MR) is 49.2 cm³/mol. The van der Waals surface area contributed by atoms with Crippen LogP contribution in [0.2, 0.25) is 0 Å². The molecule has 0 amide bonds. The molecule has 1 aromatic rings. The molecular weight excluding hydrogens is 180 g/mol. The van der Waals surface area contributed by atoms with E-state index in [4.69, 9.17) is 14.7 Å². The summed E-state index contributed by atoms with van der Waals surface area (Å²) in [5.41, 5.74) is 0.408. The number of rotatable bonds is 3. The van der Waals surface area contributed by atoms with Gasteiger partial charge in [-0.1, -0.05) is 0 Å². The van der Waals surface area contributed by atoms with Crippen LogP contribution in [0.25, 0.3) is 0 Å². The summed E-state index contributed by atoms with van der Waals surface area (Å²) in [6.45, 7) is 0. The quantitative estimate of drug-likeness (QED) is 0.724. The maximum atomic E-state index is 8.80. The van der Waals surface area contributed by atoms with E-state index in [2.05, 4.69) is 4.98 Å². The molecule has 1 saturated carbocycles. The van der Waals surface area contributed by atoms with Gasteiger partial charge in [0.15, 0.2) is 11.5 Å². The fourth-order valence-electron chi connectivity index (χ4n) is 1.17. The summed E-state index contributed by atoms with van der Waals surface area (Å²) in [6.07, 6.45) is 5.47. The van der Waals surface area contributed by atoms with Crippen LogP contribution < -0.4 is 9.47 Å². The lowest BCUT2D eigenvalue weighted by molar-refractivity contribution is 0.280. The Bertz CT molecular complexity index is 380. The molecule has 1 aliphatic rings. The Hall–Kier alpha value is -1.76. The lowest BCUT2D eigenvalue weighted by Gasteiger charge is -2.09. The third kappa shape index (κ3) is 1.62. The van der Waals surface area contributed by atoms with Gasteiger partial charge in [0.1, 0.15) is 11.6 Å². The van der Waals surface area contributed by atoms with E-state index in [0.717, 1.165) is 12.8 Å². The lowest BCUT2D eigenvalue weighted by Crippen LogP contribution is -2.00. The molecule has 1 fully saturated rings. The SMILES string of the molecule is COc1c(C#N)cncc1OC1CC1. The minimum absolute atomic E-state index is 0.277. The Morgan fingerprint density at radius 3 is 2.86 bits per heavy atom. The highest BCUT2D eigenvalue weighted by atomic mass is 16.5. The fourth-order valence-corrected chi connectivity index (χ4v) is 1.17. The highest BCUT2D eigenvalue weighted by Gasteiger charge is 2.25. The van der Waals surface area contributed by atoms with E-state index in [9.17, 15) is 0 Å². The molecule has 0 aliphatic heterocycles. The molecule has 0 aromatic carbocycles. The summed E-state index contributed by atoms with van der Waals surface area (Å²) in [5, 5.41) is 8.80. The first-order chi connectivity index (χ1) is 6.85. The first-order valence-electron chi connectivity index (χ1n) is 4.44. The molecule has 1 heterocycles. The van der Waals surface area contributed by atoms with Crippen molar-refractivity contribution >= 4 is 0 Å². The average molecular weight is 190 g/mol. The van der Waals surface area contributed by atoms with Gasteiger partial charge in [0.05, 0.1) is 19.4 Å². The largest absolute Gasteiger partial charge is 0.491 e. The van der Waals surface area contributed by atoms with Gasteiger partial charge in [0.25, 0.3) is 0 Å². The maximum Gasteiger partial charge on any atom is 0.181 e. The molecule has 72 valence electrons. The summed E-state index contributed by atoms with van der Waals surface area (Å²) in [7, 11) is 1.52. The fraction of sp³-hybridized carbons (Fsp3) is 0.400. The van der Waals surface area contributed by atoms with Crippen LogP contribution in [-0.2, 0) is 0 Å². The average Bonchev–Trinajstić information content (AvgIpc) is 3.01. The number of hydrogen-bond acceptors (Lipinski definition) is 4. The van der Waals surface area contributed by atoms with Crippen LogP contribution in [0.15, 0.2) is 12.4 Å². The van der Waals surface area contributed by atoms with Crippen molar-refractivity contribution < 1.29 is 9.47 Å². The highest BCUT2D eigenvalue weighted by molar-refractivity contribution is 5.50. The lowest BCUT2D eigenvalue weighted by atomic mass is 10.2. The molecule has 4 nitrogen and oxygen atoms in total. The van der Waals surface area contributed by atoms with Gasteiger partial charge >= 0.3 is 0 Å². The van der Waals surface area contributed by atoms with Crippen LogP contribution in [0.4, 0.5) is 0 Å². The summed E-state index contributed by atoms with van der Waals surface area (Å²) in [6, 6.07) is 2.01. The second-order valence-corrected chi connectivity index (χ2v) is 3.15. The van der Waals surface area contributed by atoms with Crippen molar-refractivity contribution in [3.05, 3.63) is 18.0 Å². The summed E-state index contributed by atoms with van der Waals surface area (Å²) in [5.74, 6) is 1.04. The first kappa shape index (κ1) is 8.82. The van der Waals surface area contributed by atoms with Crippen LogP contribution in [-0.4, -0.2) is 18.2 Å². The summed E-state index contributed by atoms with van der Waals surface area (Å²) >= 11 is 0. The molecule has 2 rings (SSSR count). The van der Waals surface area contributed by atoms with Crippen LogP contribution >= 0.6 is 0 Å². The van der Waals surface area contributed by atoms with Crippen molar-refractivity contribution in [1.29, 1.82) is 5.26 Å². The zero-order chi connectivity index (χ0) is 9.97. The van der Waals surface area contributed by atoms with E-state index in [1.807, 2.05) is 6.07 Å². The molecule has 1 aliphatic carbocycles. The number of nitrogens with zero attached hydrogens (tertiary/aromatic N) is 2. The second-order valence-electron chi connectivity index (χ2n) is 3.15. The molecule has 0 atom stereocenters. The van der Waals surface area contributed by atoms with Gasteiger partial charge in [-0.2, -0.15) is 5.26 Å². The molecule has 0 unspecified atom stereocenters. The van der Waals surface area contributed by atoms with Gasteiger partial charge in [-0.15, -0.1) is 0 Å². The van der Waals surface area contributed by atoms with Gasteiger partial charge in [-0.3, -0.25) is 4.98 Å². The molecule has 14 heavy (non-hydrogen) atoms. The van der Waals surface area contributed by atoms with Gasteiger partial charge in [-0.05, 0) is 12.8 Å². The minimum atomic E-state index is 0.277. The zero-order valence-electron chi connectivity index (χ0n) is 7.86. The predicted octanol–water partition coefficient (Wildman–Crippen LogP) is 1.50. The Balaban J connectivity index is 2.32. The van der Waals surface area contributed by atoms with Crippen LogP contribution in [0.1, 0.15) is 18.4 Å². The van der Waals surface area contributed by atoms with E-state index >= 15 is 0 Å². The number of pyridine rings is 1. The molecule has 0 spiro atoms. The minimum Gasteiger partial charge on any atom is -0.491 e. The van der Waals surface area contributed by atoms with E-state index in [0.29, 0.717) is 17.1 Å². The molecule has 0 N–H and O–H groups in total. The Kier molecular flexibility index (Phi) is 2.23. The van der Waals surface area contributed by atoms with Crippen LogP contribution in [0, 0.1) is 11.3 Å². The number of hydrogen-bond donors (Lipinski definition) is 0. The topological polar surface area (TPSA) is 55.1 Å². The van der Waals surface area contributed by atoms with Crippen molar-refractivity contribution in [3.63, 3.8) is 0 Å². The third-order valence-electron chi connectivity index (χ3n) is 2.01. The van der Waals surface area contributed by atoms with Crippen LogP contribution in [0.3, 0.4) is 0 Å². The van der Waals surface area contributed by atoms with Gasteiger partial charge in [-0.25, -0.2) is 0 Å². The van der Waals surface area contributed by atoms with Crippen molar-refractivity contribution in [3.8, 4) is 17.6 Å². The Morgan fingerprint density at radius 2 is 2.29 bits per heavy atom. The molecule has 0 saturated heterocycles. The molecule has 1 aromatic heterocycles. The highest BCUT2D eigenvalue weighted by Crippen LogP contribution is 2.34. The zero-order valence-corrected chi connectivity index (χ0v) is 7.86. The van der Waals surface area contributed by atoms with Gasteiger partial charge < -0.3 is 9.47 Å².